The summed E-state index contributed by atoms with van der Waals surface area (Å²) in [5, 5.41) is 67.4. The van der Waals surface area contributed by atoms with Crippen molar-refractivity contribution in [1.29, 1.82) is 10.5 Å². The molecule has 2 heterocycles. The Labute approximate surface area is 562 Å². The van der Waals surface area contributed by atoms with E-state index in [1.807, 2.05) is 13.0 Å². The van der Waals surface area contributed by atoms with Crippen molar-refractivity contribution in [2.45, 2.75) is 285 Å². The number of nitriles is 2. The minimum atomic E-state index is -0.499. The standard InChI is InChI=1S/C27H39N3O2.C23H37BrO2.C23H38O2.C4H3N3.CH4O/c1-25(32)10-4-11-26(2)19(13-25)5-6-20-21-7-8-23(27(21,3)12-9-22(20)26)24(31)17-30-16-18(14-28)15-29-30;1-21(26)10-4-11-22(2)15(13-21)5-6-16-17-7-8-19(20(25)14-24)23(17,3)12-9-18(16)22;1-15(24)18-8-9-19-17-7-6-16-14-21(2,25)11-5-12-22(16,3)20(17)10-13-23(18,19)4;5-1-4-2-6-7-3-4;1-2/h15-16,19-23,32H,4-13,17H2,1-3H3;15-19,26H,4-14H2,1-3H3;16-20,25H,5-14H2,1-4H3;2-3H,(H,6,7);2H,1H3/t19-,20-,21-,22-,23+,25+,26-,27-;15-,16-,17-,18-,19+,21+,22-,23-;16-,17-,18+,19-,20-,21+,22-,23+;;/m000../s1. The molecule has 0 saturated heterocycles. The lowest BCUT2D eigenvalue weighted by molar-refractivity contribution is -0.135. The Morgan fingerprint density at radius 3 is 1.21 bits per heavy atom. The summed E-state index contributed by atoms with van der Waals surface area (Å²) >= 11 is 3.43. The normalized spacial score (nSPS) is 47.0. The zero-order valence-electron chi connectivity index (χ0n) is 58.7. The highest BCUT2D eigenvalue weighted by Gasteiger charge is 2.65. The zero-order valence-corrected chi connectivity index (χ0v) is 60.3. The second-order valence-corrected chi connectivity index (χ2v) is 36.0. The molecule has 512 valence electrons. The lowest BCUT2D eigenvalue weighted by Gasteiger charge is -2.59. The van der Waals surface area contributed by atoms with Gasteiger partial charge in [-0.25, -0.2) is 0 Å². The van der Waals surface area contributed by atoms with Gasteiger partial charge in [-0.3, -0.25) is 24.2 Å². The minimum Gasteiger partial charge on any atom is -0.400 e. The van der Waals surface area contributed by atoms with E-state index in [-0.39, 0.29) is 34.6 Å². The van der Waals surface area contributed by atoms with E-state index in [4.69, 9.17) is 15.6 Å². The van der Waals surface area contributed by atoms with Crippen LogP contribution in [0.15, 0.2) is 24.8 Å². The number of aromatic nitrogens is 4. The highest BCUT2D eigenvalue weighted by atomic mass is 79.9. The monoisotopic (exact) mass is 1330 g/mol. The van der Waals surface area contributed by atoms with Crippen LogP contribution in [0.5, 0.6) is 0 Å². The predicted octanol–water partition coefficient (Wildman–Crippen LogP) is 16.1. The molecule has 0 unspecified atom stereocenters. The first-order valence-corrected chi connectivity index (χ1v) is 38.2. The SMILES string of the molecule is CC(=O)[C@H]1CC[C@H]2[C@@H]3CC[C@H]4C[C@](C)(O)CCC[C@]4(C)[C@H]3CC[C@]12C.CO.C[C@@]1(O)CCC[C@@]2(C)[C@@H](CC[C@@H]3[C@@H]2CC[C@]2(C)[C@@H](C(=O)CBr)CC[C@@H]32)C1.C[C@@]1(O)CCC[C@@]2(C)[C@@H](CC[C@@H]3[C@@H]2CC[C@]2(C)[C@@H](C(=O)Cn4cc(C#N)cn4)CC[C@@H]32)C1.N#Cc1cn[nH]c1. The summed E-state index contributed by atoms with van der Waals surface area (Å²) in [5.41, 5.74) is 1.45. The Morgan fingerprint density at radius 2 is 0.870 bits per heavy atom. The summed E-state index contributed by atoms with van der Waals surface area (Å²) in [6.07, 6.45) is 41.7. The Morgan fingerprint density at radius 1 is 0.500 bits per heavy atom. The predicted molar refractivity (Wildman–Crippen MR) is 364 cm³/mol. The van der Waals surface area contributed by atoms with Crippen LogP contribution in [-0.2, 0) is 20.9 Å². The van der Waals surface area contributed by atoms with Crippen molar-refractivity contribution in [2.75, 3.05) is 12.4 Å². The lowest BCUT2D eigenvalue weighted by atomic mass is 9.46. The molecule has 12 fully saturated rings. The molecule has 24 atom stereocenters. The lowest BCUT2D eigenvalue weighted by Crippen LogP contribution is -2.52. The van der Waals surface area contributed by atoms with Crippen molar-refractivity contribution in [2.24, 2.45) is 121 Å². The largest absolute Gasteiger partial charge is 0.400 e. The van der Waals surface area contributed by atoms with Crippen LogP contribution in [0.4, 0.5) is 0 Å². The Kier molecular flexibility index (Phi) is 21.4. The first-order valence-electron chi connectivity index (χ1n) is 37.0. The molecule has 0 aliphatic heterocycles. The van der Waals surface area contributed by atoms with Gasteiger partial charge in [-0.2, -0.15) is 20.7 Å². The van der Waals surface area contributed by atoms with Crippen LogP contribution in [-0.4, -0.2) is 87.0 Å². The molecule has 5 N–H and O–H groups in total. The fourth-order valence-corrected chi connectivity index (χ4v) is 26.5. The molecule has 14 rings (SSSR count). The average molecular weight is 1330 g/mol. The number of nitrogens with zero attached hydrogens (tertiary/aromatic N) is 5. The molecule has 12 aliphatic carbocycles. The van der Waals surface area contributed by atoms with E-state index in [2.05, 4.69) is 99.6 Å². The third-order valence-corrected chi connectivity index (χ3v) is 31.2. The molecular formula is C78H121BrN6O7. The van der Waals surface area contributed by atoms with Gasteiger partial charge in [0.05, 0.1) is 52.2 Å². The van der Waals surface area contributed by atoms with Crippen LogP contribution in [0.2, 0.25) is 0 Å². The number of hydrogen-bond donors (Lipinski definition) is 5. The van der Waals surface area contributed by atoms with Crippen molar-refractivity contribution in [3.8, 4) is 12.1 Å². The van der Waals surface area contributed by atoms with E-state index < -0.39 is 16.8 Å². The number of fused-ring (bicyclic) bond motifs is 15. The number of carbonyl (C=O) groups excluding carboxylic acids is 3. The summed E-state index contributed by atoms with van der Waals surface area (Å²) in [7, 11) is 1.00. The second kappa shape index (κ2) is 27.6. The summed E-state index contributed by atoms with van der Waals surface area (Å²) in [6.45, 7) is 23.3. The van der Waals surface area contributed by atoms with E-state index in [1.54, 1.807) is 23.3 Å². The molecule has 92 heavy (non-hydrogen) atoms. The maximum atomic E-state index is 13.4. The summed E-state index contributed by atoms with van der Waals surface area (Å²) < 4.78 is 1.65. The van der Waals surface area contributed by atoms with Crippen molar-refractivity contribution < 1.29 is 34.8 Å². The van der Waals surface area contributed by atoms with Gasteiger partial charge < -0.3 is 20.4 Å². The number of Topliss-reactive ketones (excluding diaryl/α,β-unsaturated/α-hetero) is 3. The van der Waals surface area contributed by atoms with Crippen molar-refractivity contribution in [3.63, 3.8) is 0 Å². The van der Waals surface area contributed by atoms with Gasteiger partial charge in [-0.05, 0) is 305 Å². The summed E-state index contributed by atoms with van der Waals surface area (Å²) in [6, 6.07) is 4.01. The molecule has 0 spiro atoms. The zero-order chi connectivity index (χ0) is 66.6. The van der Waals surface area contributed by atoms with Crippen molar-refractivity contribution in [3.05, 3.63) is 35.9 Å². The van der Waals surface area contributed by atoms with Crippen LogP contribution < -0.4 is 0 Å². The molecule has 2 aromatic rings. The average Bonchev–Trinajstić information content (AvgIpc) is 1.42. The van der Waals surface area contributed by atoms with Gasteiger partial charge in [0.1, 0.15) is 23.7 Å². The van der Waals surface area contributed by atoms with Gasteiger partial charge >= 0.3 is 0 Å². The summed E-state index contributed by atoms with van der Waals surface area (Å²) in [5.74, 6) is 10.8. The van der Waals surface area contributed by atoms with Crippen LogP contribution in [0.1, 0.15) is 273 Å². The number of ketones is 3. The number of H-pyrrole nitrogens is 1. The maximum absolute atomic E-state index is 13.4. The van der Waals surface area contributed by atoms with Gasteiger partial charge in [-0.1, -0.05) is 76.7 Å². The number of nitrogens with one attached hydrogen (secondary N) is 1. The van der Waals surface area contributed by atoms with Gasteiger partial charge in [0, 0.05) is 37.3 Å². The van der Waals surface area contributed by atoms with Gasteiger partial charge in [0.15, 0.2) is 5.78 Å². The smallest absolute Gasteiger partial charge is 0.157 e. The van der Waals surface area contributed by atoms with Gasteiger partial charge in [0.25, 0.3) is 0 Å². The maximum Gasteiger partial charge on any atom is 0.157 e. The molecular weight excluding hydrogens is 1210 g/mol. The minimum absolute atomic E-state index is 0.100. The third kappa shape index (κ3) is 13.4. The van der Waals surface area contributed by atoms with Crippen LogP contribution >= 0.6 is 15.9 Å². The first kappa shape index (κ1) is 71.5. The topological polar surface area (TPSA) is 226 Å². The molecule has 12 saturated carbocycles. The summed E-state index contributed by atoms with van der Waals surface area (Å²) in [4.78, 5) is 38.2. The van der Waals surface area contributed by atoms with E-state index in [0.717, 1.165) is 125 Å². The highest BCUT2D eigenvalue weighted by molar-refractivity contribution is 9.09. The molecule has 0 aromatic carbocycles. The number of aliphatic hydroxyl groups excluding tert-OH is 1. The molecule has 14 heteroatoms. The molecule has 0 bridgehead atoms. The van der Waals surface area contributed by atoms with E-state index in [9.17, 15) is 29.7 Å². The molecule has 0 amide bonds. The van der Waals surface area contributed by atoms with E-state index in [0.29, 0.717) is 79.6 Å². The Bertz CT molecular complexity index is 2980. The number of rotatable bonds is 6. The number of hydrogen-bond acceptors (Lipinski definition) is 11. The fourth-order valence-electron chi connectivity index (χ4n) is 26.1. The van der Waals surface area contributed by atoms with E-state index >= 15 is 0 Å². The van der Waals surface area contributed by atoms with Gasteiger partial charge in [-0.15, -0.1) is 0 Å². The quantitative estimate of drug-likeness (QED) is 0.171. The first-order chi connectivity index (χ1) is 43.5. The van der Waals surface area contributed by atoms with Crippen molar-refractivity contribution >= 4 is 33.3 Å². The van der Waals surface area contributed by atoms with Gasteiger partial charge in [0.2, 0.25) is 0 Å². The highest BCUT2D eigenvalue weighted by Crippen LogP contribution is 2.71. The molecule has 12 aliphatic rings. The van der Waals surface area contributed by atoms with E-state index in [1.165, 1.54) is 128 Å². The van der Waals surface area contributed by atoms with Crippen LogP contribution in [0, 0.1) is 144 Å². The van der Waals surface area contributed by atoms with Crippen molar-refractivity contribution in [1.82, 2.24) is 20.0 Å². The third-order valence-electron chi connectivity index (χ3n) is 30.7. The Hall–Kier alpha value is -3.27. The van der Waals surface area contributed by atoms with Crippen LogP contribution in [0.25, 0.3) is 0 Å². The fraction of sp³-hybridized carbons (Fsp3) is 0.859. The number of halogens is 1. The molecule has 2 aromatic heterocycles. The molecule has 13 nitrogen and oxygen atoms in total. The number of alkyl halides is 1. The number of aliphatic hydroxyl groups is 4. The second-order valence-electron chi connectivity index (χ2n) is 35.5. The molecule has 0 radical (unpaired) electrons. The van der Waals surface area contributed by atoms with Crippen LogP contribution in [0.3, 0.4) is 0 Å². The Balaban J connectivity index is 0.000000142. The number of carbonyl (C=O) groups is 3. The number of aromatic amines is 1.